The molecule has 2 aromatic rings. The van der Waals surface area contributed by atoms with Gasteiger partial charge in [0.1, 0.15) is 0 Å². The fourth-order valence-corrected chi connectivity index (χ4v) is 4.19. The maximum absolute atomic E-state index is 12.7. The van der Waals surface area contributed by atoms with Gasteiger partial charge in [0.05, 0.1) is 6.04 Å². The summed E-state index contributed by atoms with van der Waals surface area (Å²) in [6.07, 6.45) is 1.66. The summed E-state index contributed by atoms with van der Waals surface area (Å²) in [5, 5.41) is 14.6. The molecule has 128 valence electrons. The van der Waals surface area contributed by atoms with Crippen LogP contribution in [0.1, 0.15) is 28.5 Å². The van der Waals surface area contributed by atoms with Gasteiger partial charge in [0.25, 0.3) is 0 Å². The smallest absolute Gasteiger partial charge is 0.317 e. The molecule has 0 radical (unpaired) electrons. The van der Waals surface area contributed by atoms with E-state index in [1.807, 2.05) is 23.1 Å². The van der Waals surface area contributed by atoms with Crippen molar-refractivity contribution < 1.29 is 9.90 Å². The molecule has 1 aliphatic rings. The molecular formula is C19H24N2O2S. The van der Waals surface area contributed by atoms with E-state index in [2.05, 4.69) is 35.8 Å². The highest BCUT2D eigenvalue weighted by atomic mass is 32.1. The number of rotatable bonds is 5. The van der Waals surface area contributed by atoms with E-state index in [1.54, 1.807) is 11.3 Å². The Labute approximate surface area is 147 Å². The van der Waals surface area contributed by atoms with E-state index in [9.17, 15) is 9.90 Å². The second kappa shape index (κ2) is 7.81. The quantitative estimate of drug-likeness (QED) is 0.874. The predicted octanol–water partition coefficient (Wildman–Crippen LogP) is 3.36. The molecule has 1 fully saturated rings. The minimum absolute atomic E-state index is 0.0203. The molecule has 2 amide bonds. The number of nitrogens with zero attached hydrogens (tertiary/aromatic N) is 1. The van der Waals surface area contributed by atoms with Gasteiger partial charge in [-0.2, -0.15) is 0 Å². The highest BCUT2D eigenvalue weighted by Crippen LogP contribution is 2.27. The number of likely N-dealkylation sites (tertiary alicyclic amines) is 1. The molecule has 2 N–H and O–H groups in total. The van der Waals surface area contributed by atoms with Crippen molar-refractivity contribution in [1.29, 1.82) is 0 Å². The van der Waals surface area contributed by atoms with Crippen LogP contribution in [0.2, 0.25) is 0 Å². The highest BCUT2D eigenvalue weighted by Gasteiger charge is 2.28. The number of benzene rings is 1. The Kier molecular flexibility index (Phi) is 5.53. The van der Waals surface area contributed by atoms with E-state index in [-0.39, 0.29) is 24.6 Å². The number of carbonyl (C=O) groups excluding carboxylic acids is 1. The topological polar surface area (TPSA) is 52.6 Å². The molecule has 1 aromatic carbocycles. The number of aryl methyl sites for hydroxylation is 1. The van der Waals surface area contributed by atoms with Gasteiger partial charge in [-0.05, 0) is 42.3 Å². The van der Waals surface area contributed by atoms with Gasteiger partial charge in [0.2, 0.25) is 0 Å². The number of thiophene rings is 1. The number of aliphatic hydroxyl groups excluding tert-OH is 1. The second-order valence-corrected chi connectivity index (χ2v) is 7.39. The fraction of sp³-hybridized carbons (Fsp3) is 0.421. The molecule has 5 heteroatoms. The van der Waals surface area contributed by atoms with E-state index >= 15 is 0 Å². The number of carbonyl (C=O) groups is 1. The molecule has 1 saturated heterocycles. The van der Waals surface area contributed by atoms with Crippen molar-refractivity contribution in [3.63, 3.8) is 0 Å². The number of hydrogen-bond donors (Lipinski definition) is 2. The van der Waals surface area contributed by atoms with Crippen molar-refractivity contribution in [3.8, 4) is 0 Å². The van der Waals surface area contributed by atoms with Crippen LogP contribution in [0.4, 0.5) is 4.79 Å². The van der Waals surface area contributed by atoms with Crippen LogP contribution in [-0.2, 0) is 6.42 Å². The zero-order valence-electron chi connectivity index (χ0n) is 13.9. The Balaban J connectivity index is 1.73. The zero-order chi connectivity index (χ0) is 16.9. The summed E-state index contributed by atoms with van der Waals surface area (Å²) in [5.74, 6) is 0.215. The number of aliphatic hydroxyl groups is 1. The molecule has 24 heavy (non-hydrogen) atoms. The minimum Gasteiger partial charge on any atom is -0.396 e. The van der Waals surface area contributed by atoms with Crippen LogP contribution in [0.15, 0.2) is 41.8 Å². The number of amides is 2. The lowest BCUT2D eigenvalue weighted by Gasteiger charge is -2.23. The molecule has 0 bridgehead atoms. The molecule has 1 aliphatic heterocycles. The second-order valence-electron chi connectivity index (χ2n) is 6.44. The number of hydrogen-bond acceptors (Lipinski definition) is 3. The normalized spacial score (nSPS) is 18.6. The number of nitrogens with one attached hydrogen (secondary N) is 1. The molecule has 0 spiro atoms. The van der Waals surface area contributed by atoms with Crippen LogP contribution in [0, 0.1) is 12.8 Å². The Morgan fingerprint density at radius 2 is 2.17 bits per heavy atom. The third-order valence-corrected chi connectivity index (χ3v) is 5.76. The molecule has 0 aliphatic carbocycles. The van der Waals surface area contributed by atoms with Gasteiger partial charge >= 0.3 is 6.03 Å². The average Bonchev–Trinajstić information content (AvgIpc) is 3.24. The van der Waals surface area contributed by atoms with Gasteiger partial charge in [0.15, 0.2) is 0 Å². The van der Waals surface area contributed by atoms with Gasteiger partial charge in [-0.25, -0.2) is 4.79 Å². The van der Waals surface area contributed by atoms with E-state index in [4.69, 9.17) is 0 Å². The third-order valence-electron chi connectivity index (χ3n) is 4.63. The van der Waals surface area contributed by atoms with E-state index in [0.29, 0.717) is 6.54 Å². The van der Waals surface area contributed by atoms with Crippen LogP contribution < -0.4 is 5.32 Å². The Bertz CT molecular complexity index is 671. The maximum atomic E-state index is 12.7. The van der Waals surface area contributed by atoms with Crippen molar-refractivity contribution in [2.45, 2.75) is 25.8 Å². The van der Waals surface area contributed by atoms with Crippen molar-refractivity contribution in [2.24, 2.45) is 5.92 Å². The van der Waals surface area contributed by atoms with E-state index in [0.717, 1.165) is 19.4 Å². The molecule has 2 atom stereocenters. The lowest BCUT2D eigenvalue weighted by molar-refractivity contribution is 0.195. The van der Waals surface area contributed by atoms with Crippen LogP contribution in [0.5, 0.6) is 0 Å². The van der Waals surface area contributed by atoms with Gasteiger partial charge < -0.3 is 15.3 Å². The summed E-state index contributed by atoms with van der Waals surface area (Å²) < 4.78 is 0. The standard InChI is InChI=1S/C19H24N2O2S/c1-14-8-10-24-18(14)17(11-15-5-3-2-4-6-15)20-19(23)21-9-7-16(12-21)13-22/h2-6,8,10,16-17,22H,7,9,11-13H2,1H3,(H,20,23). The first kappa shape index (κ1) is 17.0. The SMILES string of the molecule is Cc1ccsc1C(Cc1ccccc1)NC(=O)N1CCC(CO)C1. The van der Waals surface area contributed by atoms with Crippen LogP contribution in [0.25, 0.3) is 0 Å². The van der Waals surface area contributed by atoms with Crippen LogP contribution in [0.3, 0.4) is 0 Å². The van der Waals surface area contributed by atoms with Gasteiger partial charge in [-0.15, -0.1) is 11.3 Å². The summed E-state index contributed by atoms with van der Waals surface area (Å²) in [4.78, 5) is 15.7. The zero-order valence-corrected chi connectivity index (χ0v) is 14.8. The van der Waals surface area contributed by atoms with E-state index in [1.165, 1.54) is 16.0 Å². The van der Waals surface area contributed by atoms with Gasteiger partial charge in [0, 0.05) is 30.5 Å². The van der Waals surface area contributed by atoms with Crippen LogP contribution >= 0.6 is 11.3 Å². The van der Waals surface area contributed by atoms with Gasteiger partial charge in [-0.1, -0.05) is 30.3 Å². The highest BCUT2D eigenvalue weighted by molar-refractivity contribution is 7.10. The van der Waals surface area contributed by atoms with E-state index < -0.39 is 0 Å². The minimum atomic E-state index is -0.0281. The van der Waals surface area contributed by atoms with Crippen molar-refractivity contribution in [2.75, 3.05) is 19.7 Å². The molecule has 0 saturated carbocycles. The van der Waals surface area contributed by atoms with Crippen molar-refractivity contribution in [3.05, 3.63) is 57.8 Å². The Morgan fingerprint density at radius 1 is 1.38 bits per heavy atom. The first-order valence-electron chi connectivity index (χ1n) is 8.41. The summed E-state index contributed by atoms with van der Waals surface area (Å²) in [7, 11) is 0. The molecule has 2 heterocycles. The fourth-order valence-electron chi connectivity index (χ4n) is 3.21. The first-order chi connectivity index (χ1) is 11.7. The third kappa shape index (κ3) is 3.97. The lowest BCUT2D eigenvalue weighted by atomic mass is 10.0. The Morgan fingerprint density at radius 3 is 2.79 bits per heavy atom. The van der Waals surface area contributed by atoms with Crippen molar-refractivity contribution in [1.82, 2.24) is 10.2 Å². The monoisotopic (exact) mass is 344 g/mol. The van der Waals surface area contributed by atoms with Crippen molar-refractivity contribution >= 4 is 17.4 Å². The largest absolute Gasteiger partial charge is 0.396 e. The molecular weight excluding hydrogens is 320 g/mol. The molecule has 4 nitrogen and oxygen atoms in total. The lowest BCUT2D eigenvalue weighted by Crippen LogP contribution is -2.41. The molecule has 3 rings (SSSR count). The first-order valence-corrected chi connectivity index (χ1v) is 9.29. The number of urea groups is 1. The summed E-state index contributed by atoms with van der Waals surface area (Å²) in [6, 6.07) is 12.3. The summed E-state index contributed by atoms with van der Waals surface area (Å²) >= 11 is 1.69. The predicted molar refractivity (Wildman–Crippen MR) is 97.2 cm³/mol. The van der Waals surface area contributed by atoms with Gasteiger partial charge in [-0.3, -0.25) is 0 Å². The summed E-state index contributed by atoms with van der Waals surface area (Å²) in [6.45, 7) is 3.61. The van der Waals surface area contributed by atoms with Crippen LogP contribution in [-0.4, -0.2) is 35.7 Å². The molecule has 2 unspecified atom stereocenters. The maximum Gasteiger partial charge on any atom is 0.317 e. The summed E-state index contributed by atoms with van der Waals surface area (Å²) in [5.41, 5.74) is 2.43. The average molecular weight is 344 g/mol. The molecule has 1 aromatic heterocycles. The Hall–Kier alpha value is -1.85.